The Bertz CT molecular complexity index is 1240. The highest BCUT2D eigenvalue weighted by Gasteiger charge is 2.41. The van der Waals surface area contributed by atoms with E-state index in [1.165, 1.54) is 26.1 Å². The van der Waals surface area contributed by atoms with Crippen LogP contribution in [-0.2, 0) is 12.7 Å². The first-order valence-corrected chi connectivity index (χ1v) is 11.5. The summed E-state index contributed by atoms with van der Waals surface area (Å²) in [6.07, 6.45) is -5.78. The molecule has 3 aromatic rings. The first-order valence-electron chi connectivity index (χ1n) is 11.1. The zero-order valence-electron chi connectivity index (χ0n) is 20.3. The summed E-state index contributed by atoms with van der Waals surface area (Å²) >= 11 is 5.86. The number of hydrogen-bond acceptors (Lipinski definition) is 3. The molecule has 0 radical (unpaired) electrons. The number of alkyl halides is 3. The van der Waals surface area contributed by atoms with E-state index in [4.69, 9.17) is 16.3 Å². The summed E-state index contributed by atoms with van der Waals surface area (Å²) in [4.78, 5) is 14.2. The average molecular weight is 527 g/mol. The molecule has 194 valence electrons. The third kappa shape index (κ3) is 6.02. The van der Waals surface area contributed by atoms with Gasteiger partial charge in [0.25, 0.3) is 0 Å². The standard InChI is InChI=1S/C26H27ClF4N2O3/c1-16-21(19-11-10-18(27)12-20(19)28)23(36-24(35)32(4)14-25(2,3)15-34)33(22(16)26(29,30)31)13-17-8-6-5-7-9-17/h5-12,34H,13-15H2,1-4H3. The maximum absolute atomic E-state index is 15.0. The fourth-order valence-corrected chi connectivity index (χ4v) is 4.19. The van der Waals surface area contributed by atoms with Crippen LogP contribution in [0.3, 0.4) is 0 Å². The number of benzene rings is 2. The van der Waals surface area contributed by atoms with Crippen LogP contribution >= 0.6 is 11.6 Å². The second kappa shape index (κ2) is 10.5. The molecular formula is C26H27ClF4N2O3. The second-order valence-electron chi connectivity index (χ2n) is 9.39. The van der Waals surface area contributed by atoms with Crippen molar-refractivity contribution in [3.05, 3.63) is 76.2 Å². The van der Waals surface area contributed by atoms with Crippen molar-refractivity contribution in [1.82, 2.24) is 9.47 Å². The Morgan fingerprint density at radius 2 is 1.78 bits per heavy atom. The number of amides is 1. The van der Waals surface area contributed by atoms with Gasteiger partial charge in [0.05, 0.1) is 12.1 Å². The molecule has 1 heterocycles. The Balaban J connectivity index is 2.24. The zero-order valence-corrected chi connectivity index (χ0v) is 21.0. The van der Waals surface area contributed by atoms with Gasteiger partial charge in [-0.2, -0.15) is 13.2 Å². The topological polar surface area (TPSA) is 54.7 Å². The third-order valence-corrected chi connectivity index (χ3v) is 5.94. The first-order chi connectivity index (χ1) is 16.7. The van der Waals surface area contributed by atoms with E-state index in [-0.39, 0.29) is 41.4 Å². The predicted octanol–water partition coefficient (Wildman–Crippen LogP) is 6.77. The fourth-order valence-electron chi connectivity index (χ4n) is 4.03. The van der Waals surface area contributed by atoms with Crippen molar-refractivity contribution >= 4 is 17.7 Å². The number of carbonyl (C=O) groups is 1. The number of carbonyl (C=O) groups excluding carboxylic acids is 1. The highest BCUT2D eigenvalue weighted by Crippen LogP contribution is 2.46. The van der Waals surface area contributed by atoms with Gasteiger partial charge in [-0.1, -0.05) is 55.8 Å². The van der Waals surface area contributed by atoms with Gasteiger partial charge < -0.3 is 19.3 Å². The van der Waals surface area contributed by atoms with Gasteiger partial charge in [-0.15, -0.1) is 0 Å². The molecular weight excluding hydrogens is 500 g/mol. The van der Waals surface area contributed by atoms with E-state index in [9.17, 15) is 27.5 Å². The lowest BCUT2D eigenvalue weighted by Gasteiger charge is -2.28. The van der Waals surface area contributed by atoms with Gasteiger partial charge in [0.15, 0.2) is 0 Å². The number of aliphatic hydroxyl groups is 1. The normalized spacial score (nSPS) is 12.1. The van der Waals surface area contributed by atoms with Crippen molar-refractivity contribution in [2.75, 3.05) is 20.2 Å². The Kier molecular flexibility index (Phi) is 8.05. The molecule has 10 heteroatoms. The summed E-state index contributed by atoms with van der Waals surface area (Å²) in [6, 6.07) is 11.9. The van der Waals surface area contributed by atoms with Crippen LogP contribution in [-0.4, -0.2) is 40.9 Å². The maximum Gasteiger partial charge on any atom is 0.431 e. The lowest BCUT2D eigenvalue weighted by Crippen LogP contribution is -2.39. The molecule has 0 spiro atoms. The van der Waals surface area contributed by atoms with E-state index in [0.717, 1.165) is 15.5 Å². The number of rotatable bonds is 7. The number of nitrogens with zero attached hydrogens (tertiary/aromatic N) is 2. The van der Waals surface area contributed by atoms with Crippen LogP contribution in [0.4, 0.5) is 22.4 Å². The Morgan fingerprint density at radius 1 is 1.14 bits per heavy atom. The predicted molar refractivity (Wildman–Crippen MR) is 130 cm³/mol. The molecule has 5 nitrogen and oxygen atoms in total. The van der Waals surface area contributed by atoms with E-state index in [1.54, 1.807) is 44.2 Å². The molecule has 0 fully saturated rings. The Labute approximate surface area is 211 Å². The minimum atomic E-state index is -4.83. The van der Waals surface area contributed by atoms with E-state index in [0.29, 0.717) is 5.56 Å². The number of ether oxygens (including phenoxy) is 1. The van der Waals surface area contributed by atoms with Crippen molar-refractivity contribution in [2.45, 2.75) is 33.5 Å². The highest BCUT2D eigenvalue weighted by molar-refractivity contribution is 6.30. The average Bonchev–Trinajstić information content (AvgIpc) is 3.05. The monoisotopic (exact) mass is 526 g/mol. The maximum atomic E-state index is 15.0. The number of hydrogen-bond donors (Lipinski definition) is 1. The van der Waals surface area contributed by atoms with Crippen molar-refractivity contribution in [1.29, 1.82) is 0 Å². The van der Waals surface area contributed by atoms with Gasteiger partial charge >= 0.3 is 12.3 Å². The second-order valence-corrected chi connectivity index (χ2v) is 9.83. The minimum Gasteiger partial charge on any atom is -0.396 e. The smallest absolute Gasteiger partial charge is 0.396 e. The molecule has 0 atom stereocenters. The van der Waals surface area contributed by atoms with Crippen molar-refractivity contribution < 1.29 is 32.2 Å². The van der Waals surface area contributed by atoms with E-state index < -0.39 is 35.1 Å². The lowest BCUT2D eigenvalue weighted by molar-refractivity contribution is -0.144. The Morgan fingerprint density at radius 3 is 2.33 bits per heavy atom. The van der Waals surface area contributed by atoms with E-state index >= 15 is 0 Å². The van der Waals surface area contributed by atoms with Crippen LogP contribution in [0.1, 0.15) is 30.7 Å². The van der Waals surface area contributed by atoms with E-state index in [2.05, 4.69) is 0 Å². The molecule has 0 saturated carbocycles. The first kappa shape index (κ1) is 27.5. The number of aromatic nitrogens is 1. The van der Waals surface area contributed by atoms with Crippen molar-refractivity contribution in [3.63, 3.8) is 0 Å². The summed E-state index contributed by atoms with van der Waals surface area (Å²) in [5.74, 6) is -1.30. The summed E-state index contributed by atoms with van der Waals surface area (Å²) < 4.78 is 64.4. The molecule has 3 rings (SSSR count). The molecule has 1 N–H and O–H groups in total. The van der Waals surface area contributed by atoms with Gasteiger partial charge in [-0.25, -0.2) is 9.18 Å². The molecule has 0 bridgehead atoms. The largest absolute Gasteiger partial charge is 0.431 e. The molecule has 2 aromatic carbocycles. The SMILES string of the molecule is Cc1c(-c2ccc(Cl)cc2F)c(OC(=O)N(C)CC(C)(C)CO)n(Cc2ccccc2)c1C(F)(F)F. The zero-order chi connectivity index (χ0) is 26.8. The lowest BCUT2D eigenvalue weighted by atomic mass is 9.94. The van der Waals surface area contributed by atoms with Gasteiger partial charge in [0.1, 0.15) is 11.5 Å². The Hall–Kier alpha value is -3.04. The fraction of sp³-hybridized carbons (Fsp3) is 0.346. The summed E-state index contributed by atoms with van der Waals surface area (Å²) in [6.45, 7) is 4.21. The van der Waals surface area contributed by atoms with Gasteiger partial charge in [0, 0.05) is 36.2 Å². The molecule has 0 saturated heterocycles. The number of aliphatic hydroxyl groups excluding tert-OH is 1. The van der Waals surface area contributed by atoms with Crippen molar-refractivity contribution in [2.24, 2.45) is 5.41 Å². The molecule has 1 amide bonds. The van der Waals surface area contributed by atoms with Crippen LogP contribution in [0.25, 0.3) is 11.1 Å². The molecule has 36 heavy (non-hydrogen) atoms. The van der Waals surface area contributed by atoms with Gasteiger partial charge in [-0.05, 0) is 36.2 Å². The molecule has 0 aliphatic rings. The molecule has 0 aliphatic heterocycles. The molecule has 1 aromatic heterocycles. The quantitative estimate of drug-likeness (QED) is 0.346. The van der Waals surface area contributed by atoms with Gasteiger partial charge in [0.2, 0.25) is 5.88 Å². The van der Waals surface area contributed by atoms with Crippen LogP contribution < -0.4 is 4.74 Å². The summed E-state index contributed by atoms with van der Waals surface area (Å²) in [7, 11) is 1.41. The van der Waals surface area contributed by atoms with Crippen LogP contribution in [0.15, 0.2) is 48.5 Å². The van der Waals surface area contributed by atoms with Crippen LogP contribution in [0.5, 0.6) is 5.88 Å². The third-order valence-electron chi connectivity index (χ3n) is 5.70. The number of halogens is 5. The van der Waals surface area contributed by atoms with Crippen molar-refractivity contribution in [3.8, 4) is 17.0 Å². The summed E-state index contributed by atoms with van der Waals surface area (Å²) in [5.41, 5.74) is -1.89. The summed E-state index contributed by atoms with van der Waals surface area (Å²) in [5, 5.41) is 9.61. The van der Waals surface area contributed by atoms with E-state index in [1.807, 2.05) is 0 Å². The minimum absolute atomic E-state index is 0.0669. The molecule has 0 unspecified atom stereocenters. The van der Waals surface area contributed by atoms with Crippen LogP contribution in [0, 0.1) is 18.2 Å². The highest BCUT2D eigenvalue weighted by atomic mass is 35.5. The van der Waals surface area contributed by atoms with Crippen LogP contribution in [0.2, 0.25) is 5.02 Å². The van der Waals surface area contributed by atoms with Gasteiger partial charge in [-0.3, -0.25) is 0 Å². The molecule has 0 aliphatic carbocycles.